The number of nitrogens with zero attached hydrogens (tertiary/aromatic N) is 1. The molecule has 2 amide bonds. The number of aliphatic hydroxyl groups excluding tert-OH is 1. The van der Waals surface area contributed by atoms with E-state index in [0.717, 1.165) is 13.0 Å². The lowest BCUT2D eigenvalue weighted by atomic mass is 10.2. The van der Waals surface area contributed by atoms with E-state index >= 15 is 0 Å². The Kier molecular flexibility index (Phi) is 5.55. The number of nitrogens with one attached hydrogen (secondary N) is 1. The average molecular weight is 257 g/mol. The molecule has 1 aliphatic heterocycles. The standard InChI is InChI=1S/C12H23N3O3/c1-8(2)14-5-3-4-11(17)15-7-9(16)6-10(15)12(13)18/h8-10,14,16H,3-7H2,1-2H3,(H2,13,18). The molecule has 1 aliphatic rings. The summed E-state index contributed by atoms with van der Waals surface area (Å²) in [6.07, 6.45) is 0.705. The number of hydrogen-bond donors (Lipinski definition) is 3. The van der Waals surface area contributed by atoms with Crippen molar-refractivity contribution >= 4 is 11.8 Å². The Morgan fingerprint density at radius 3 is 2.72 bits per heavy atom. The van der Waals surface area contributed by atoms with Gasteiger partial charge in [-0.3, -0.25) is 9.59 Å². The van der Waals surface area contributed by atoms with Crippen molar-refractivity contribution in [3.8, 4) is 0 Å². The summed E-state index contributed by atoms with van der Waals surface area (Å²) in [4.78, 5) is 24.5. The average Bonchev–Trinajstić information content (AvgIpc) is 2.66. The van der Waals surface area contributed by atoms with Gasteiger partial charge in [-0.15, -0.1) is 0 Å². The first-order chi connectivity index (χ1) is 8.41. The van der Waals surface area contributed by atoms with Gasteiger partial charge < -0.3 is 21.1 Å². The Balaban J connectivity index is 2.38. The Hall–Kier alpha value is -1.14. The van der Waals surface area contributed by atoms with Gasteiger partial charge in [0.05, 0.1) is 6.10 Å². The van der Waals surface area contributed by atoms with Gasteiger partial charge in [-0.05, 0) is 13.0 Å². The molecule has 4 N–H and O–H groups in total. The maximum atomic E-state index is 11.9. The van der Waals surface area contributed by atoms with Gasteiger partial charge >= 0.3 is 0 Å². The lowest BCUT2D eigenvalue weighted by Crippen LogP contribution is -2.43. The summed E-state index contributed by atoms with van der Waals surface area (Å²) in [5, 5.41) is 12.7. The molecule has 0 spiro atoms. The third-order valence-electron chi connectivity index (χ3n) is 3.05. The smallest absolute Gasteiger partial charge is 0.240 e. The fourth-order valence-electron chi connectivity index (χ4n) is 2.13. The van der Waals surface area contributed by atoms with Gasteiger partial charge in [-0.1, -0.05) is 13.8 Å². The Morgan fingerprint density at radius 2 is 2.17 bits per heavy atom. The minimum Gasteiger partial charge on any atom is -0.391 e. The van der Waals surface area contributed by atoms with E-state index in [4.69, 9.17) is 5.73 Å². The molecule has 1 saturated heterocycles. The summed E-state index contributed by atoms with van der Waals surface area (Å²) < 4.78 is 0. The van der Waals surface area contributed by atoms with Crippen LogP contribution in [-0.2, 0) is 9.59 Å². The summed E-state index contributed by atoms with van der Waals surface area (Å²) in [5.74, 6) is -0.652. The maximum Gasteiger partial charge on any atom is 0.240 e. The number of rotatable bonds is 6. The monoisotopic (exact) mass is 257 g/mol. The van der Waals surface area contributed by atoms with Gasteiger partial charge in [0.15, 0.2) is 0 Å². The molecule has 18 heavy (non-hydrogen) atoms. The molecule has 0 aromatic heterocycles. The normalized spacial score (nSPS) is 23.7. The first-order valence-electron chi connectivity index (χ1n) is 6.42. The molecule has 0 aliphatic carbocycles. The first kappa shape index (κ1) is 14.9. The number of nitrogens with two attached hydrogens (primary N) is 1. The van der Waals surface area contributed by atoms with Gasteiger partial charge in [0, 0.05) is 25.4 Å². The summed E-state index contributed by atoms with van der Waals surface area (Å²) >= 11 is 0. The van der Waals surface area contributed by atoms with Crippen molar-refractivity contribution in [3.05, 3.63) is 0 Å². The van der Waals surface area contributed by atoms with Crippen LogP contribution >= 0.6 is 0 Å². The molecule has 6 heteroatoms. The van der Waals surface area contributed by atoms with E-state index in [2.05, 4.69) is 5.32 Å². The molecule has 2 unspecified atom stereocenters. The molecule has 6 nitrogen and oxygen atoms in total. The highest BCUT2D eigenvalue weighted by Gasteiger charge is 2.37. The highest BCUT2D eigenvalue weighted by Crippen LogP contribution is 2.18. The minimum absolute atomic E-state index is 0.110. The summed E-state index contributed by atoms with van der Waals surface area (Å²) in [7, 11) is 0. The second kappa shape index (κ2) is 6.70. The van der Waals surface area contributed by atoms with Crippen molar-refractivity contribution in [3.63, 3.8) is 0 Å². The number of carbonyl (C=O) groups is 2. The quantitative estimate of drug-likeness (QED) is 0.543. The van der Waals surface area contributed by atoms with E-state index < -0.39 is 18.1 Å². The minimum atomic E-state index is -0.648. The lowest BCUT2D eigenvalue weighted by molar-refractivity contribution is -0.137. The number of aliphatic hydroxyl groups is 1. The molecule has 104 valence electrons. The predicted molar refractivity (Wildman–Crippen MR) is 67.7 cm³/mol. The van der Waals surface area contributed by atoms with Crippen LogP contribution in [0.4, 0.5) is 0 Å². The largest absolute Gasteiger partial charge is 0.391 e. The zero-order chi connectivity index (χ0) is 13.7. The molecule has 0 aromatic carbocycles. The SMILES string of the molecule is CC(C)NCCCC(=O)N1CC(O)CC1C(N)=O. The van der Waals surface area contributed by atoms with Crippen LogP contribution in [0.15, 0.2) is 0 Å². The third-order valence-corrected chi connectivity index (χ3v) is 3.05. The fourth-order valence-corrected chi connectivity index (χ4v) is 2.13. The van der Waals surface area contributed by atoms with Gasteiger partial charge in [0.2, 0.25) is 11.8 Å². The zero-order valence-corrected chi connectivity index (χ0v) is 11.1. The molecule has 0 radical (unpaired) electrons. The highest BCUT2D eigenvalue weighted by atomic mass is 16.3. The molecule has 2 atom stereocenters. The molecule has 0 saturated carbocycles. The van der Waals surface area contributed by atoms with Crippen LogP contribution in [0.5, 0.6) is 0 Å². The van der Waals surface area contributed by atoms with Crippen molar-refractivity contribution in [1.82, 2.24) is 10.2 Å². The topological polar surface area (TPSA) is 95.7 Å². The van der Waals surface area contributed by atoms with Crippen LogP contribution in [0.1, 0.15) is 33.1 Å². The lowest BCUT2D eigenvalue weighted by Gasteiger charge is -2.22. The fraction of sp³-hybridized carbons (Fsp3) is 0.833. The van der Waals surface area contributed by atoms with Crippen LogP contribution in [0.25, 0.3) is 0 Å². The van der Waals surface area contributed by atoms with Crippen molar-refractivity contribution in [2.24, 2.45) is 5.73 Å². The van der Waals surface area contributed by atoms with Crippen LogP contribution < -0.4 is 11.1 Å². The number of amides is 2. The third kappa shape index (κ3) is 4.27. The maximum absolute atomic E-state index is 11.9. The van der Waals surface area contributed by atoms with E-state index in [-0.39, 0.29) is 18.9 Å². The highest BCUT2D eigenvalue weighted by molar-refractivity contribution is 5.87. The molecule has 1 heterocycles. The van der Waals surface area contributed by atoms with Gasteiger partial charge in [0.25, 0.3) is 0 Å². The van der Waals surface area contributed by atoms with E-state index in [1.165, 1.54) is 4.90 Å². The second-order valence-electron chi connectivity index (χ2n) is 5.07. The van der Waals surface area contributed by atoms with E-state index in [0.29, 0.717) is 12.5 Å². The van der Waals surface area contributed by atoms with Gasteiger partial charge in [-0.2, -0.15) is 0 Å². The number of carbonyl (C=O) groups excluding carboxylic acids is 2. The van der Waals surface area contributed by atoms with Crippen molar-refractivity contribution in [2.45, 2.75) is 51.3 Å². The number of likely N-dealkylation sites (tertiary alicyclic amines) is 1. The van der Waals surface area contributed by atoms with E-state index in [1.807, 2.05) is 13.8 Å². The Morgan fingerprint density at radius 1 is 1.50 bits per heavy atom. The van der Waals surface area contributed by atoms with Gasteiger partial charge in [-0.25, -0.2) is 0 Å². The molecule has 1 fully saturated rings. The van der Waals surface area contributed by atoms with Crippen LogP contribution in [0.3, 0.4) is 0 Å². The van der Waals surface area contributed by atoms with Gasteiger partial charge in [0.1, 0.15) is 6.04 Å². The number of β-amino-alcohol motifs (C(OH)–C–C–N with tert-alkyl or cyclic N) is 1. The van der Waals surface area contributed by atoms with Crippen molar-refractivity contribution in [1.29, 1.82) is 0 Å². The second-order valence-corrected chi connectivity index (χ2v) is 5.07. The van der Waals surface area contributed by atoms with E-state index in [1.54, 1.807) is 0 Å². The Bertz CT molecular complexity index is 307. The van der Waals surface area contributed by atoms with Crippen molar-refractivity contribution < 1.29 is 14.7 Å². The van der Waals surface area contributed by atoms with Crippen LogP contribution in [0.2, 0.25) is 0 Å². The molecular formula is C12H23N3O3. The van der Waals surface area contributed by atoms with Crippen LogP contribution in [-0.4, -0.2) is 53.1 Å². The van der Waals surface area contributed by atoms with Crippen molar-refractivity contribution in [2.75, 3.05) is 13.1 Å². The van der Waals surface area contributed by atoms with Crippen LogP contribution in [0, 0.1) is 0 Å². The molecular weight excluding hydrogens is 234 g/mol. The summed E-state index contributed by atoms with van der Waals surface area (Å²) in [6.45, 7) is 5.06. The summed E-state index contributed by atoms with van der Waals surface area (Å²) in [5.41, 5.74) is 5.23. The summed E-state index contributed by atoms with van der Waals surface area (Å²) in [6, 6.07) is -0.252. The predicted octanol–water partition coefficient (Wildman–Crippen LogP) is -0.788. The first-order valence-corrected chi connectivity index (χ1v) is 6.42. The number of hydrogen-bond acceptors (Lipinski definition) is 4. The molecule has 0 bridgehead atoms. The van der Waals surface area contributed by atoms with E-state index in [9.17, 15) is 14.7 Å². The number of primary amides is 1. The zero-order valence-electron chi connectivity index (χ0n) is 11.1. The Labute approximate surface area is 108 Å². The molecule has 0 aromatic rings. The molecule has 1 rings (SSSR count).